The van der Waals surface area contributed by atoms with Crippen LogP contribution in [0.1, 0.15) is 43.9 Å². The normalized spacial score (nSPS) is 20.0. The molecule has 3 N–H and O–H groups in total. The molecule has 1 fully saturated rings. The van der Waals surface area contributed by atoms with Crippen LogP contribution in [0.5, 0.6) is 0 Å². The number of allylic oxidation sites excluding steroid dienone is 1. The third-order valence-electron chi connectivity index (χ3n) is 8.93. The van der Waals surface area contributed by atoms with Gasteiger partial charge in [-0.25, -0.2) is 0 Å². The van der Waals surface area contributed by atoms with Crippen molar-refractivity contribution in [3.63, 3.8) is 0 Å². The Morgan fingerprint density at radius 3 is 2.38 bits per heavy atom. The average molecular weight is 522 g/mol. The molecule has 40 heavy (non-hydrogen) atoms. The highest BCUT2D eigenvalue weighted by atomic mass is 15.0. The molecule has 3 heteroatoms. The van der Waals surface area contributed by atoms with E-state index < -0.39 is 0 Å². The molecule has 1 aromatic heterocycles. The number of nitrogens with two attached hydrogens (primary N) is 1. The standard InChI is InChI=1S/C37H35N3/c1-4-11-25-22-34-36(29-16-9-8-14-27(25)29)30-19-18-26(31(5-2)39-35-20-21-37(35,3)38)23-33(30)40(34)32-17-10-13-24-12-6-7-15-28(24)32/h4-19,22-23,31,35,39H,2,20-21,38H2,1,3H3/b11-4+/t31?,35?,37-/m1/s1. The molecule has 1 aliphatic rings. The SMILES string of the molecule is C=CC(NC1CC[C@@]1(C)N)c1ccc2c3c4ccccc4c(/C=C/C)cc3n(-c3cccc4ccccc34)c2c1. The van der Waals surface area contributed by atoms with Crippen LogP contribution in [0.4, 0.5) is 0 Å². The molecule has 6 aromatic rings. The first-order valence-electron chi connectivity index (χ1n) is 14.3. The van der Waals surface area contributed by atoms with Crippen LogP contribution in [0.2, 0.25) is 0 Å². The molecule has 0 radical (unpaired) electrons. The summed E-state index contributed by atoms with van der Waals surface area (Å²) in [7, 11) is 0. The minimum absolute atomic E-state index is 0.0203. The first-order chi connectivity index (χ1) is 19.5. The Balaban J connectivity index is 1.56. The molecule has 2 unspecified atom stereocenters. The monoisotopic (exact) mass is 521 g/mol. The summed E-state index contributed by atoms with van der Waals surface area (Å²) < 4.78 is 2.46. The lowest BCUT2D eigenvalue weighted by molar-refractivity contribution is 0.173. The molecule has 1 aliphatic carbocycles. The Hall–Kier alpha value is -4.18. The van der Waals surface area contributed by atoms with Gasteiger partial charge >= 0.3 is 0 Å². The topological polar surface area (TPSA) is 43.0 Å². The lowest BCUT2D eigenvalue weighted by Gasteiger charge is -2.46. The summed E-state index contributed by atoms with van der Waals surface area (Å²) in [5.74, 6) is 0. The Morgan fingerprint density at radius 1 is 0.900 bits per heavy atom. The van der Waals surface area contributed by atoms with Gasteiger partial charge in [0.1, 0.15) is 0 Å². The fourth-order valence-corrected chi connectivity index (χ4v) is 6.63. The van der Waals surface area contributed by atoms with E-state index in [9.17, 15) is 0 Å². The van der Waals surface area contributed by atoms with Gasteiger partial charge in [-0.05, 0) is 72.2 Å². The molecular weight excluding hydrogens is 486 g/mol. The lowest BCUT2D eigenvalue weighted by atomic mass is 9.73. The number of hydrogen-bond acceptors (Lipinski definition) is 2. The quantitative estimate of drug-likeness (QED) is 0.215. The summed E-state index contributed by atoms with van der Waals surface area (Å²) >= 11 is 0. The number of nitrogens with one attached hydrogen (secondary N) is 1. The van der Waals surface area contributed by atoms with E-state index in [0.717, 1.165) is 12.8 Å². The van der Waals surface area contributed by atoms with Crippen LogP contribution < -0.4 is 11.1 Å². The van der Waals surface area contributed by atoms with E-state index in [1.807, 2.05) is 6.08 Å². The van der Waals surface area contributed by atoms with E-state index in [-0.39, 0.29) is 17.6 Å². The van der Waals surface area contributed by atoms with Crippen LogP contribution in [0.3, 0.4) is 0 Å². The molecule has 0 spiro atoms. The Bertz CT molecular complexity index is 1950. The van der Waals surface area contributed by atoms with Crippen LogP contribution >= 0.6 is 0 Å². The molecule has 0 saturated heterocycles. The van der Waals surface area contributed by atoms with Gasteiger partial charge in [0.25, 0.3) is 0 Å². The maximum Gasteiger partial charge on any atom is 0.0553 e. The van der Waals surface area contributed by atoms with Crippen molar-refractivity contribution in [1.29, 1.82) is 0 Å². The molecule has 3 nitrogen and oxygen atoms in total. The van der Waals surface area contributed by atoms with Crippen LogP contribution in [0, 0.1) is 0 Å². The van der Waals surface area contributed by atoms with Gasteiger partial charge in [0.15, 0.2) is 0 Å². The van der Waals surface area contributed by atoms with Gasteiger partial charge in [-0.3, -0.25) is 0 Å². The van der Waals surface area contributed by atoms with E-state index in [1.165, 1.54) is 60.2 Å². The van der Waals surface area contributed by atoms with Crippen LogP contribution in [0.15, 0.2) is 110 Å². The zero-order chi connectivity index (χ0) is 27.4. The van der Waals surface area contributed by atoms with E-state index >= 15 is 0 Å². The summed E-state index contributed by atoms with van der Waals surface area (Å²) in [6.45, 7) is 8.42. The maximum absolute atomic E-state index is 6.53. The van der Waals surface area contributed by atoms with Crippen LogP contribution in [-0.4, -0.2) is 16.1 Å². The van der Waals surface area contributed by atoms with E-state index in [0.29, 0.717) is 0 Å². The van der Waals surface area contributed by atoms with Crippen molar-refractivity contribution in [1.82, 2.24) is 9.88 Å². The summed E-state index contributed by atoms with van der Waals surface area (Å²) in [6, 6.07) is 33.6. The van der Waals surface area contributed by atoms with Gasteiger partial charge < -0.3 is 15.6 Å². The Labute approximate surface area is 235 Å². The largest absolute Gasteiger partial charge is 0.324 e. The van der Waals surface area contributed by atoms with Crippen molar-refractivity contribution < 1.29 is 0 Å². The van der Waals surface area contributed by atoms with Gasteiger partial charge in [0.05, 0.1) is 22.8 Å². The molecule has 198 valence electrons. The van der Waals surface area contributed by atoms with E-state index in [2.05, 4.69) is 133 Å². The maximum atomic E-state index is 6.53. The molecule has 5 aromatic carbocycles. The highest BCUT2D eigenvalue weighted by molar-refractivity contribution is 6.23. The lowest BCUT2D eigenvalue weighted by Crippen LogP contribution is -2.63. The molecule has 1 saturated carbocycles. The minimum Gasteiger partial charge on any atom is -0.324 e. The first kappa shape index (κ1) is 24.8. The molecule has 0 bridgehead atoms. The highest BCUT2D eigenvalue weighted by Crippen LogP contribution is 2.41. The number of nitrogens with zero attached hydrogens (tertiary/aromatic N) is 1. The van der Waals surface area contributed by atoms with Crippen molar-refractivity contribution in [2.45, 2.75) is 44.3 Å². The average Bonchev–Trinajstić information content (AvgIpc) is 3.30. The molecule has 7 rings (SSSR count). The van der Waals surface area contributed by atoms with Gasteiger partial charge in [-0.15, -0.1) is 6.58 Å². The zero-order valence-electron chi connectivity index (χ0n) is 23.2. The minimum atomic E-state index is -0.175. The second kappa shape index (κ2) is 9.48. The van der Waals surface area contributed by atoms with E-state index in [1.54, 1.807) is 0 Å². The number of benzene rings is 5. The summed E-state index contributed by atoms with van der Waals surface area (Å²) in [6.07, 6.45) is 8.50. The molecular formula is C37H35N3. The van der Waals surface area contributed by atoms with Crippen molar-refractivity contribution >= 4 is 49.4 Å². The third kappa shape index (κ3) is 3.81. The zero-order valence-corrected chi connectivity index (χ0v) is 23.2. The molecule has 0 aliphatic heterocycles. The van der Waals surface area contributed by atoms with Crippen LogP contribution in [-0.2, 0) is 0 Å². The predicted molar refractivity (Wildman–Crippen MR) is 172 cm³/mol. The second-order valence-corrected chi connectivity index (χ2v) is 11.5. The fraction of sp³-hybridized carbons (Fsp3) is 0.189. The van der Waals surface area contributed by atoms with Gasteiger partial charge in [0.2, 0.25) is 0 Å². The first-order valence-corrected chi connectivity index (χ1v) is 14.3. The van der Waals surface area contributed by atoms with Crippen molar-refractivity contribution in [3.8, 4) is 5.69 Å². The van der Waals surface area contributed by atoms with Gasteiger partial charge in [0, 0.05) is 27.7 Å². The van der Waals surface area contributed by atoms with Crippen LogP contribution in [0.25, 0.3) is 55.1 Å². The number of rotatable bonds is 6. The van der Waals surface area contributed by atoms with Gasteiger partial charge in [-0.1, -0.05) is 91.0 Å². The van der Waals surface area contributed by atoms with Crippen molar-refractivity contribution in [2.24, 2.45) is 5.73 Å². The van der Waals surface area contributed by atoms with Crippen molar-refractivity contribution in [3.05, 3.63) is 121 Å². The smallest absolute Gasteiger partial charge is 0.0553 e. The molecule has 3 atom stereocenters. The number of aromatic nitrogens is 1. The predicted octanol–water partition coefficient (Wildman–Crippen LogP) is 8.82. The van der Waals surface area contributed by atoms with E-state index in [4.69, 9.17) is 5.73 Å². The third-order valence-corrected chi connectivity index (χ3v) is 8.93. The number of hydrogen-bond donors (Lipinski definition) is 2. The van der Waals surface area contributed by atoms with Crippen molar-refractivity contribution in [2.75, 3.05) is 0 Å². The van der Waals surface area contributed by atoms with Gasteiger partial charge in [-0.2, -0.15) is 0 Å². The molecule has 0 amide bonds. The second-order valence-electron chi connectivity index (χ2n) is 11.5. The number of fused-ring (bicyclic) bond motifs is 6. The Morgan fingerprint density at radius 2 is 1.65 bits per heavy atom. The fourth-order valence-electron chi connectivity index (χ4n) is 6.63. The summed E-state index contributed by atoms with van der Waals surface area (Å²) in [4.78, 5) is 0. The summed E-state index contributed by atoms with van der Waals surface area (Å²) in [5.41, 5.74) is 12.4. The molecule has 1 heterocycles. The Kier molecular flexibility index (Phi) is 5.88. The summed E-state index contributed by atoms with van der Waals surface area (Å²) in [5, 5.41) is 11.4. The highest BCUT2D eigenvalue weighted by Gasteiger charge is 2.39.